The highest BCUT2D eigenvalue weighted by Gasteiger charge is 2.21. The van der Waals surface area contributed by atoms with Gasteiger partial charge in [-0.15, -0.1) is 12.4 Å². The molecule has 1 amide bonds. The van der Waals surface area contributed by atoms with Crippen LogP contribution in [-0.2, 0) is 10.2 Å². The van der Waals surface area contributed by atoms with Crippen LogP contribution in [0.3, 0.4) is 0 Å². The van der Waals surface area contributed by atoms with E-state index in [0.717, 1.165) is 31.5 Å². The summed E-state index contributed by atoms with van der Waals surface area (Å²) in [5, 5.41) is 16.4. The Bertz CT molecular complexity index is 491. The van der Waals surface area contributed by atoms with E-state index in [-0.39, 0.29) is 36.2 Å². The number of aliphatic hydroxyl groups is 1. The second-order valence-electron chi connectivity index (χ2n) is 7.16. The Morgan fingerprint density at radius 2 is 1.83 bits per heavy atom. The molecule has 1 aromatic carbocycles. The summed E-state index contributed by atoms with van der Waals surface area (Å²) in [6.07, 6.45) is 1.10. The van der Waals surface area contributed by atoms with Gasteiger partial charge in [0, 0.05) is 12.5 Å². The molecule has 5 heteroatoms. The minimum atomic E-state index is -0.653. The second-order valence-corrected chi connectivity index (χ2v) is 7.16. The van der Waals surface area contributed by atoms with Gasteiger partial charge in [-0.2, -0.15) is 0 Å². The van der Waals surface area contributed by atoms with E-state index in [1.54, 1.807) is 0 Å². The molecule has 1 aliphatic rings. The van der Waals surface area contributed by atoms with Gasteiger partial charge in [-0.1, -0.05) is 45.0 Å². The molecule has 4 nitrogen and oxygen atoms in total. The minimum Gasteiger partial charge on any atom is -0.387 e. The molecule has 23 heavy (non-hydrogen) atoms. The maximum Gasteiger partial charge on any atom is 0.223 e. The zero-order valence-corrected chi connectivity index (χ0v) is 15.1. The molecule has 0 radical (unpaired) electrons. The first-order valence-corrected chi connectivity index (χ1v) is 8.15. The Morgan fingerprint density at radius 1 is 1.26 bits per heavy atom. The van der Waals surface area contributed by atoms with Gasteiger partial charge in [-0.05, 0) is 42.5 Å². The van der Waals surface area contributed by atoms with E-state index >= 15 is 0 Å². The van der Waals surface area contributed by atoms with Gasteiger partial charge < -0.3 is 15.7 Å². The standard InChI is InChI=1S/C18H28N2O2.ClH/c1-18(2,3)15-6-4-13(5-7-15)16(21)12-20-17(22)14-8-10-19-11-9-14;/h4-7,14,16,19,21H,8-12H2,1-3H3,(H,20,22);1H. The topological polar surface area (TPSA) is 61.4 Å². The molecule has 0 bridgehead atoms. The van der Waals surface area contributed by atoms with Gasteiger partial charge in [-0.3, -0.25) is 4.79 Å². The number of benzene rings is 1. The Labute approximate surface area is 145 Å². The average molecular weight is 341 g/mol. The van der Waals surface area contributed by atoms with Crippen LogP contribution in [0.2, 0.25) is 0 Å². The van der Waals surface area contributed by atoms with Gasteiger partial charge in [0.15, 0.2) is 0 Å². The van der Waals surface area contributed by atoms with Crippen molar-refractivity contribution < 1.29 is 9.90 Å². The van der Waals surface area contributed by atoms with Crippen LogP contribution in [-0.4, -0.2) is 30.6 Å². The van der Waals surface area contributed by atoms with E-state index in [9.17, 15) is 9.90 Å². The van der Waals surface area contributed by atoms with Crippen molar-refractivity contribution >= 4 is 18.3 Å². The number of rotatable bonds is 4. The van der Waals surface area contributed by atoms with Crippen molar-refractivity contribution in [2.45, 2.75) is 45.1 Å². The zero-order chi connectivity index (χ0) is 16.2. The number of hydrogen-bond acceptors (Lipinski definition) is 3. The van der Waals surface area contributed by atoms with E-state index in [4.69, 9.17) is 0 Å². The maximum atomic E-state index is 12.1. The second kappa shape index (κ2) is 8.67. The number of aliphatic hydroxyl groups excluding tert-OH is 1. The van der Waals surface area contributed by atoms with Crippen LogP contribution in [0.1, 0.15) is 50.8 Å². The molecule has 1 saturated heterocycles. The van der Waals surface area contributed by atoms with Crippen LogP contribution in [0.5, 0.6) is 0 Å². The highest BCUT2D eigenvalue weighted by Crippen LogP contribution is 2.24. The molecule has 1 aliphatic heterocycles. The Morgan fingerprint density at radius 3 is 2.35 bits per heavy atom. The van der Waals surface area contributed by atoms with E-state index in [1.807, 2.05) is 24.3 Å². The number of hydrogen-bond donors (Lipinski definition) is 3. The molecule has 0 saturated carbocycles. The van der Waals surface area contributed by atoms with Crippen LogP contribution < -0.4 is 10.6 Å². The van der Waals surface area contributed by atoms with Crippen molar-refractivity contribution in [3.05, 3.63) is 35.4 Å². The fourth-order valence-electron chi connectivity index (χ4n) is 2.75. The minimum absolute atomic E-state index is 0. The summed E-state index contributed by atoms with van der Waals surface area (Å²) in [7, 11) is 0. The molecule has 3 N–H and O–H groups in total. The van der Waals surface area contributed by atoms with Crippen molar-refractivity contribution in [3.8, 4) is 0 Å². The molecule has 130 valence electrons. The Kier molecular flexibility index (Phi) is 7.52. The summed E-state index contributed by atoms with van der Waals surface area (Å²) in [4.78, 5) is 12.1. The summed E-state index contributed by atoms with van der Waals surface area (Å²) in [6.45, 7) is 8.56. The normalized spacial score (nSPS) is 17.2. The fourth-order valence-corrected chi connectivity index (χ4v) is 2.75. The average Bonchev–Trinajstić information content (AvgIpc) is 2.52. The lowest BCUT2D eigenvalue weighted by atomic mass is 9.86. The predicted octanol–water partition coefficient (Wildman–Crippen LogP) is 2.56. The van der Waals surface area contributed by atoms with Gasteiger partial charge >= 0.3 is 0 Å². The number of carbonyl (C=O) groups excluding carboxylic acids is 1. The lowest BCUT2D eigenvalue weighted by Crippen LogP contribution is -2.39. The van der Waals surface area contributed by atoms with E-state index in [1.165, 1.54) is 5.56 Å². The van der Waals surface area contributed by atoms with Gasteiger partial charge in [0.2, 0.25) is 5.91 Å². The predicted molar refractivity (Wildman–Crippen MR) is 96.0 cm³/mol. The molecular formula is C18H29ClN2O2. The maximum absolute atomic E-state index is 12.1. The van der Waals surface area contributed by atoms with E-state index < -0.39 is 6.10 Å². The molecular weight excluding hydrogens is 312 g/mol. The van der Waals surface area contributed by atoms with Crippen LogP contribution in [0, 0.1) is 5.92 Å². The zero-order valence-electron chi connectivity index (χ0n) is 14.3. The summed E-state index contributed by atoms with van der Waals surface area (Å²) >= 11 is 0. The molecule has 0 aliphatic carbocycles. The lowest BCUT2D eigenvalue weighted by Gasteiger charge is -2.23. The Balaban J connectivity index is 0.00000264. The third-order valence-electron chi connectivity index (χ3n) is 4.34. The molecule has 1 heterocycles. The number of nitrogens with one attached hydrogen (secondary N) is 2. The quantitative estimate of drug-likeness (QED) is 0.789. The smallest absolute Gasteiger partial charge is 0.223 e. The third-order valence-corrected chi connectivity index (χ3v) is 4.34. The van der Waals surface area contributed by atoms with Crippen LogP contribution >= 0.6 is 12.4 Å². The van der Waals surface area contributed by atoms with Crippen molar-refractivity contribution in [1.29, 1.82) is 0 Å². The molecule has 0 spiro atoms. The largest absolute Gasteiger partial charge is 0.387 e. The highest BCUT2D eigenvalue weighted by molar-refractivity contribution is 5.85. The first-order valence-electron chi connectivity index (χ1n) is 8.15. The van der Waals surface area contributed by atoms with Crippen LogP contribution in [0.15, 0.2) is 24.3 Å². The molecule has 1 fully saturated rings. The van der Waals surface area contributed by atoms with E-state index in [2.05, 4.69) is 31.4 Å². The Hall–Kier alpha value is -1.10. The van der Waals surface area contributed by atoms with Gasteiger partial charge in [0.25, 0.3) is 0 Å². The van der Waals surface area contributed by atoms with Gasteiger partial charge in [0.1, 0.15) is 0 Å². The number of halogens is 1. The van der Waals surface area contributed by atoms with Crippen molar-refractivity contribution in [2.75, 3.05) is 19.6 Å². The summed E-state index contributed by atoms with van der Waals surface area (Å²) in [6, 6.07) is 7.99. The SMILES string of the molecule is CC(C)(C)c1ccc(C(O)CNC(=O)C2CCNCC2)cc1.Cl. The first-order chi connectivity index (χ1) is 10.4. The fraction of sp³-hybridized carbons (Fsp3) is 0.611. The highest BCUT2D eigenvalue weighted by atomic mass is 35.5. The number of carbonyl (C=O) groups is 1. The van der Waals surface area contributed by atoms with Crippen molar-refractivity contribution in [1.82, 2.24) is 10.6 Å². The molecule has 2 rings (SSSR count). The lowest BCUT2D eigenvalue weighted by molar-refractivity contribution is -0.126. The van der Waals surface area contributed by atoms with Crippen LogP contribution in [0.25, 0.3) is 0 Å². The summed E-state index contributed by atoms with van der Waals surface area (Å²) in [5.74, 6) is 0.142. The summed E-state index contributed by atoms with van der Waals surface area (Å²) < 4.78 is 0. The first kappa shape index (κ1) is 19.9. The van der Waals surface area contributed by atoms with Crippen molar-refractivity contribution in [3.63, 3.8) is 0 Å². The van der Waals surface area contributed by atoms with Gasteiger partial charge in [-0.25, -0.2) is 0 Å². The monoisotopic (exact) mass is 340 g/mol. The third kappa shape index (κ3) is 5.79. The molecule has 1 aromatic rings. The van der Waals surface area contributed by atoms with Crippen LogP contribution in [0.4, 0.5) is 0 Å². The van der Waals surface area contributed by atoms with E-state index in [0.29, 0.717) is 0 Å². The molecule has 1 unspecified atom stereocenters. The summed E-state index contributed by atoms with van der Waals surface area (Å²) in [5.41, 5.74) is 2.19. The molecule has 1 atom stereocenters. The van der Waals surface area contributed by atoms with Crippen molar-refractivity contribution in [2.24, 2.45) is 5.92 Å². The van der Waals surface area contributed by atoms with Gasteiger partial charge in [0.05, 0.1) is 6.10 Å². The molecule has 0 aromatic heterocycles. The number of amides is 1. The number of piperidine rings is 1.